The Balaban J connectivity index is 2.07. The second kappa shape index (κ2) is 7.51. The standard InChI is InChI=1S/C16H21ClN4O/c1-10(8-11(2)18)9-22-15-5-4-13(20-12(15)3)14-6-7-19-16(17)21-14/h4-7,10-11H,8-9,18H2,1-3H3. The molecule has 5 nitrogen and oxygen atoms in total. The summed E-state index contributed by atoms with van der Waals surface area (Å²) in [7, 11) is 0. The molecule has 0 aliphatic heterocycles. The van der Waals surface area contributed by atoms with Gasteiger partial charge in [0.05, 0.1) is 23.7 Å². The molecule has 6 heteroatoms. The Bertz CT molecular complexity index is 633. The third-order valence-corrected chi connectivity index (χ3v) is 3.41. The van der Waals surface area contributed by atoms with Crippen LogP contribution in [0.25, 0.3) is 11.4 Å². The van der Waals surface area contributed by atoms with Crippen molar-refractivity contribution in [1.29, 1.82) is 0 Å². The molecule has 0 saturated carbocycles. The first kappa shape index (κ1) is 16.6. The monoisotopic (exact) mass is 320 g/mol. The smallest absolute Gasteiger partial charge is 0.222 e. The van der Waals surface area contributed by atoms with Crippen molar-refractivity contribution < 1.29 is 4.74 Å². The summed E-state index contributed by atoms with van der Waals surface area (Å²) in [5, 5.41) is 0.210. The number of nitrogens with two attached hydrogens (primary N) is 1. The van der Waals surface area contributed by atoms with Gasteiger partial charge in [0.1, 0.15) is 5.75 Å². The highest BCUT2D eigenvalue weighted by Gasteiger charge is 2.10. The minimum Gasteiger partial charge on any atom is -0.491 e. The minimum atomic E-state index is 0.183. The van der Waals surface area contributed by atoms with E-state index in [0.717, 1.165) is 23.6 Å². The molecule has 2 rings (SSSR count). The zero-order chi connectivity index (χ0) is 16.1. The first-order valence-electron chi connectivity index (χ1n) is 7.30. The average Bonchev–Trinajstić information content (AvgIpc) is 2.45. The molecule has 0 radical (unpaired) electrons. The maximum Gasteiger partial charge on any atom is 0.222 e. The maximum absolute atomic E-state index is 5.84. The number of halogens is 1. The number of hydrogen-bond acceptors (Lipinski definition) is 5. The van der Waals surface area contributed by atoms with Gasteiger partial charge < -0.3 is 10.5 Å². The lowest BCUT2D eigenvalue weighted by atomic mass is 10.0. The molecule has 0 saturated heterocycles. The molecule has 0 amide bonds. The summed E-state index contributed by atoms with van der Waals surface area (Å²) in [5.74, 6) is 1.18. The van der Waals surface area contributed by atoms with Crippen LogP contribution in [0.3, 0.4) is 0 Å². The van der Waals surface area contributed by atoms with Gasteiger partial charge in [-0.1, -0.05) is 6.92 Å². The molecule has 2 N–H and O–H groups in total. The molecule has 0 aromatic carbocycles. The van der Waals surface area contributed by atoms with E-state index in [1.54, 1.807) is 12.3 Å². The Morgan fingerprint density at radius 1 is 1.18 bits per heavy atom. The van der Waals surface area contributed by atoms with E-state index >= 15 is 0 Å². The van der Waals surface area contributed by atoms with Gasteiger partial charge in [-0.3, -0.25) is 0 Å². The normalized spacial score (nSPS) is 13.7. The molecule has 118 valence electrons. The van der Waals surface area contributed by atoms with E-state index in [4.69, 9.17) is 22.1 Å². The third-order valence-electron chi connectivity index (χ3n) is 3.22. The summed E-state index contributed by atoms with van der Waals surface area (Å²) in [4.78, 5) is 12.6. The van der Waals surface area contributed by atoms with E-state index in [1.165, 1.54) is 0 Å². The molecule has 0 fully saturated rings. The summed E-state index contributed by atoms with van der Waals surface area (Å²) >= 11 is 5.81. The first-order chi connectivity index (χ1) is 10.5. The molecule has 2 aromatic heterocycles. The van der Waals surface area contributed by atoms with Crippen molar-refractivity contribution in [3.8, 4) is 17.1 Å². The zero-order valence-electron chi connectivity index (χ0n) is 13.1. The third kappa shape index (κ3) is 4.64. The van der Waals surface area contributed by atoms with Gasteiger partial charge in [-0.2, -0.15) is 0 Å². The van der Waals surface area contributed by atoms with Crippen molar-refractivity contribution in [1.82, 2.24) is 15.0 Å². The number of aromatic nitrogens is 3. The summed E-state index contributed by atoms with van der Waals surface area (Å²) in [6.07, 6.45) is 2.55. The van der Waals surface area contributed by atoms with Crippen molar-refractivity contribution in [2.75, 3.05) is 6.61 Å². The van der Waals surface area contributed by atoms with Gasteiger partial charge in [-0.15, -0.1) is 0 Å². The van der Waals surface area contributed by atoms with Crippen LogP contribution in [0.5, 0.6) is 5.75 Å². The summed E-state index contributed by atoms with van der Waals surface area (Å²) in [6, 6.07) is 5.74. The van der Waals surface area contributed by atoms with Gasteiger partial charge >= 0.3 is 0 Å². The highest BCUT2D eigenvalue weighted by Crippen LogP contribution is 2.22. The number of ether oxygens (including phenoxy) is 1. The fourth-order valence-corrected chi connectivity index (χ4v) is 2.40. The van der Waals surface area contributed by atoms with Crippen LogP contribution < -0.4 is 10.5 Å². The summed E-state index contributed by atoms with van der Waals surface area (Å²) < 4.78 is 5.84. The number of hydrogen-bond donors (Lipinski definition) is 1. The SMILES string of the molecule is Cc1nc(-c2ccnc(Cl)n2)ccc1OCC(C)CC(C)N. The Morgan fingerprint density at radius 2 is 1.91 bits per heavy atom. The maximum atomic E-state index is 5.84. The summed E-state index contributed by atoms with van der Waals surface area (Å²) in [6.45, 7) is 6.68. The van der Waals surface area contributed by atoms with E-state index in [0.29, 0.717) is 18.2 Å². The molecule has 0 aliphatic rings. The van der Waals surface area contributed by atoms with E-state index in [2.05, 4.69) is 21.9 Å². The fourth-order valence-electron chi connectivity index (χ4n) is 2.26. The lowest BCUT2D eigenvalue weighted by Crippen LogP contribution is -2.21. The second-order valence-corrected chi connectivity index (χ2v) is 5.96. The topological polar surface area (TPSA) is 73.9 Å². The molecule has 2 unspecified atom stereocenters. The van der Waals surface area contributed by atoms with Crippen molar-refractivity contribution in [3.05, 3.63) is 35.4 Å². The van der Waals surface area contributed by atoms with Gasteiger partial charge in [0.25, 0.3) is 0 Å². The second-order valence-electron chi connectivity index (χ2n) is 5.62. The van der Waals surface area contributed by atoms with Crippen LogP contribution in [0.1, 0.15) is 26.0 Å². The number of aryl methyl sites for hydroxylation is 1. The lowest BCUT2D eigenvalue weighted by Gasteiger charge is -2.16. The van der Waals surface area contributed by atoms with E-state index in [1.807, 2.05) is 26.0 Å². The van der Waals surface area contributed by atoms with Gasteiger partial charge in [-0.05, 0) is 56.0 Å². The van der Waals surface area contributed by atoms with Gasteiger partial charge in [-0.25, -0.2) is 15.0 Å². The zero-order valence-corrected chi connectivity index (χ0v) is 13.8. The molecule has 0 spiro atoms. The van der Waals surface area contributed by atoms with Crippen LogP contribution >= 0.6 is 11.6 Å². The Kier molecular flexibility index (Phi) is 5.69. The molecule has 22 heavy (non-hydrogen) atoms. The summed E-state index contributed by atoms with van der Waals surface area (Å²) in [5.41, 5.74) is 8.06. The van der Waals surface area contributed by atoms with Gasteiger partial charge in [0.2, 0.25) is 5.28 Å². The van der Waals surface area contributed by atoms with Crippen LogP contribution in [0.2, 0.25) is 5.28 Å². The Morgan fingerprint density at radius 3 is 2.55 bits per heavy atom. The predicted octanol–water partition coefficient (Wildman–Crippen LogP) is 3.25. The van der Waals surface area contributed by atoms with Gasteiger partial charge in [0, 0.05) is 12.2 Å². The average molecular weight is 321 g/mol. The van der Waals surface area contributed by atoms with Crippen molar-refractivity contribution >= 4 is 11.6 Å². The fraction of sp³-hybridized carbons (Fsp3) is 0.438. The van der Waals surface area contributed by atoms with E-state index in [-0.39, 0.29) is 11.3 Å². The van der Waals surface area contributed by atoms with Crippen LogP contribution in [-0.4, -0.2) is 27.6 Å². The quantitative estimate of drug-likeness (QED) is 0.827. The van der Waals surface area contributed by atoms with Crippen molar-refractivity contribution in [2.45, 2.75) is 33.2 Å². The molecular formula is C16H21ClN4O. The Labute approximate surface area is 135 Å². The van der Waals surface area contributed by atoms with Crippen molar-refractivity contribution in [3.63, 3.8) is 0 Å². The highest BCUT2D eigenvalue weighted by molar-refractivity contribution is 6.28. The number of pyridine rings is 1. The van der Waals surface area contributed by atoms with Crippen LogP contribution in [0.15, 0.2) is 24.4 Å². The van der Waals surface area contributed by atoms with E-state index in [9.17, 15) is 0 Å². The molecule has 2 heterocycles. The Hall–Kier alpha value is -1.72. The molecule has 2 aromatic rings. The molecule has 0 aliphatic carbocycles. The molecular weight excluding hydrogens is 300 g/mol. The molecule has 0 bridgehead atoms. The minimum absolute atomic E-state index is 0.183. The first-order valence-corrected chi connectivity index (χ1v) is 7.68. The number of rotatable bonds is 6. The highest BCUT2D eigenvalue weighted by atomic mass is 35.5. The van der Waals surface area contributed by atoms with Gasteiger partial charge in [0.15, 0.2) is 0 Å². The predicted molar refractivity (Wildman–Crippen MR) is 87.9 cm³/mol. The van der Waals surface area contributed by atoms with Crippen LogP contribution in [0.4, 0.5) is 0 Å². The number of nitrogens with zero attached hydrogens (tertiary/aromatic N) is 3. The van der Waals surface area contributed by atoms with Crippen molar-refractivity contribution in [2.24, 2.45) is 11.7 Å². The lowest BCUT2D eigenvalue weighted by molar-refractivity contribution is 0.244. The van der Waals surface area contributed by atoms with Crippen LogP contribution in [-0.2, 0) is 0 Å². The molecule has 2 atom stereocenters. The van der Waals surface area contributed by atoms with E-state index < -0.39 is 0 Å². The van der Waals surface area contributed by atoms with Crippen LogP contribution in [0, 0.1) is 12.8 Å². The largest absolute Gasteiger partial charge is 0.491 e.